The molecule has 0 atom stereocenters. The van der Waals surface area contributed by atoms with E-state index >= 15 is 0 Å². The van der Waals surface area contributed by atoms with Crippen molar-refractivity contribution in [3.63, 3.8) is 0 Å². The minimum atomic E-state index is -0.548. The Balaban J connectivity index is 2.81. The fourth-order valence-electron chi connectivity index (χ4n) is 1.24. The van der Waals surface area contributed by atoms with Crippen molar-refractivity contribution < 1.29 is 9.59 Å². The molecule has 0 saturated carbocycles. The van der Waals surface area contributed by atoms with Gasteiger partial charge in [-0.3, -0.25) is 9.59 Å². The van der Waals surface area contributed by atoms with E-state index in [2.05, 4.69) is 5.32 Å². The molecule has 0 aliphatic heterocycles. The molecular formula is C11H14N2O2. The van der Waals surface area contributed by atoms with E-state index < -0.39 is 5.91 Å². The van der Waals surface area contributed by atoms with Crippen molar-refractivity contribution >= 4 is 11.8 Å². The molecule has 0 fully saturated rings. The first-order valence-corrected chi connectivity index (χ1v) is 4.64. The molecule has 0 spiro atoms. The van der Waals surface area contributed by atoms with Crippen molar-refractivity contribution in [3.8, 4) is 0 Å². The van der Waals surface area contributed by atoms with Crippen molar-refractivity contribution in [1.82, 2.24) is 5.32 Å². The van der Waals surface area contributed by atoms with Gasteiger partial charge in [-0.15, -0.1) is 0 Å². The topological polar surface area (TPSA) is 72.2 Å². The summed E-state index contributed by atoms with van der Waals surface area (Å²) in [6, 6.07) is 5.58. The van der Waals surface area contributed by atoms with Gasteiger partial charge in [0.05, 0.1) is 6.54 Å². The molecule has 0 aliphatic carbocycles. The molecule has 0 unspecified atom stereocenters. The molecule has 4 nitrogen and oxygen atoms in total. The standard InChI is InChI=1S/C11H14N2O2/c1-7-3-4-8(2)9(5-7)11(15)13-6-10(12)14/h3-5H,6H2,1-2H3,(H2,12,14)(H,13,15). The molecule has 80 valence electrons. The first-order valence-electron chi connectivity index (χ1n) is 4.64. The van der Waals surface area contributed by atoms with E-state index in [1.54, 1.807) is 6.07 Å². The minimum Gasteiger partial charge on any atom is -0.368 e. The predicted molar refractivity (Wildman–Crippen MR) is 57.4 cm³/mol. The third-order valence-electron chi connectivity index (χ3n) is 2.06. The van der Waals surface area contributed by atoms with Crippen LogP contribution in [0.25, 0.3) is 0 Å². The third-order valence-corrected chi connectivity index (χ3v) is 2.06. The average Bonchev–Trinajstić information content (AvgIpc) is 2.18. The predicted octanol–water partition coefficient (Wildman–Crippen LogP) is 0.519. The summed E-state index contributed by atoms with van der Waals surface area (Å²) in [5.74, 6) is -0.816. The molecule has 0 bridgehead atoms. The average molecular weight is 206 g/mol. The normalized spacial score (nSPS) is 9.73. The number of nitrogens with two attached hydrogens (primary N) is 1. The maximum Gasteiger partial charge on any atom is 0.251 e. The molecule has 0 saturated heterocycles. The molecule has 3 N–H and O–H groups in total. The van der Waals surface area contributed by atoms with Crippen LogP contribution < -0.4 is 11.1 Å². The lowest BCUT2D eigenvalue weighted by Gasteiger charge is -2.06. The maximum absolute atomic E-state index is 11.6. The highest BCUT2D eigenvalue weighted by atomic mass is 16.2. The maximum atomic E-state index is 11.6. The highest BCUT2D eigenvalue weighted by Crippen LogP contribution is 2.10. The van der Waals surface area contributed by atoms with Crippen molar-refractivity contribution in [2.75, 3.05) is 6.54 Å². The Morgan fingerprint density at radius 2 is 2.00 bits per heavy atom. The van der Waals surface area contributed by atoms with Crippen molar-refractivity contribution in [1.29, 1.82) is 0 Å². The molecule has 0 aromatic heterocycles. The summed E-state index contributed by atoms with van der Waals surface area (Å²) in [5.41, 5.74) is 7.39. The van der Waals surface area contributed by atoms with E-state index in [1.165, 1.54) is 0 Å². The zero-order valence-electron chi connectivity index (χ0n) is 8.83. The van der Waals surface area contributed by atoms with E-state index in [1.807, 2.05) is 26.0 Å². The van der Waals surface area contributed by atoms with Gasteiger partial charge in [0, 0.05) is 5.56 Å². The Bertz CT molecular complexity index is 400. The van der Waals surface area contributed by atoms with Crippen molar-refractivity contribution in [3.05, 3.63) is 34.9 Å². The van der Waals surface area contributed by atoms with Crippen LogP contribution >= 0.6 is 0 Å². The molecule has 1 rings (SSSR count). The number of rotatable bonds is 3. The molecule has 0 aliphatic rings. The molecular weight excluding hydrogens is 192 g/mol. The second-order valence-electron chi connectivity index (χ2n) is 3.47. The molecule has 2 amide bonds. The van der Waals surface area contributed by atoms with Gasteiger partial charge < -0.3 is 11.1 Å². The molecule has 0 heterocycles. The largest absolute Gasteiger partial charge is 0.368 e. The highest BCUT2D eigenvalue weighted by Gasteiger charge is 2.09. The number of hydrogen-bond donors (Lipinski definition) is 2. The zero-order valence-corrected chi connectivity index (χ0v) is 8.83. The molecule has 0 radical (unpaired) electrons. The van der Waals surface area contributed by atoms with E-state index in [0.717, 1.165) is 11.1 Å². The van der Waals surface area contributed by atoms with Gasteiger partial charge >= 0.3 is 0 Å². The van der Waals surface area contributed by atoms with Crippen LogP contribution in [-0.4, -0.2) is 18.4 Å². The zero-order chi connectivity index (χ0) is 11.4. The summed E-state index contributed by atoms with van der Waals surface area (Å²) in [4.78, 5) is 22.1. The number of primary amides is 1. The second-order valence-corrected chi connectivity index (χ2v) is 3.47. The number of carbonyl (C=O) groups is 2. The Morgan fingerprint density at radius 1 is 1.33 bits per heavy atom. The van der Waals surface area contributed by atoms with Crippen LogP contribution in [0.2, 0.25) is 0 Å². The number of aryl methyl sites for hydroxylation is 2. The monoisotopic (exact) mass is 206 g/mol. The second kappa shape index (κ2) is 4.59. The molecule has 1 aromatic rings. The fourth-order valence-corrected chi connectivity index (χ4v) is 1.24. The van der Waals surface area contributed by atoms with Crippen molar-refractivity contribution in [2.24, 2.45) is 5.73 Å². The quantitative estimate of drug-likeness (QED) is 0.756. The van der Waals surface area contributed by atoms with Gasteiger partial charge in [-0.1, -0.05) is 17.7 Å². The summed E-state index contributed by atoms with van der Waals surface area (Å²) < 4.78 is 0. The van der Waals surface area contributed by atoms with Gasteiger partial charge in [0.25, 0.3) is 5.91 Å². The summed E-state index contributed by atoms with van der Waals surface area (Å²) >= 11 is 0. The number of benzene rings is 1. The van der Waals surface area contributed by atoms with E-state index in [9.17, 15) is 9.59 Å². The van der Waals surface area contributed by atoms with Gasteiger partial charge in [-0.2, -0.15) is 0 Å². The third kappa shape index (κ3) is 3.09. The van der Waals surface area contributed by atoms with Gasteiger partial charge in [0.2, 0.25) is 5.91 Å². The van der Waals surface area contributed by atoms with Crippen LogP contribution in [0.15, 0.2) is 18.2 Å². The lowest BCUT2D eigenvalue weighted by Crippen LogP contribution is -2.33. The minimum absolute atomic E-state index is 0.133. The van der Waals surface area contributed by atoms with Crippen LogP contribution in [0.3, 0.4) is 0 Å². The lowest BCUT2D eigenvalue weighted by atomic mass is 10.1. The molecule has 1 aromatic carbocycles. The van der Waals surface area contributed by atoms with Gasteiger partial charge in [-0.05, 0) is 25.5 Å². The number of hydrogen-bond acceptors (Lipinski definition) is 2. The van der Waals surface area contributed by atoms with Gasteiger partial charge in [0.15, 0.2) is 0 Å². The summed E-state index contributed by atoms with van der Waals surface area (Å²) in [7, 11) is 0. The van der Waals surface area contributed by atoms with Gasteiger partial charge in [-0.25, -0.2) is 0 Å². The van der Waals surface area contributed by atoms with E-state index in [-0.39, 0.29) is 12.5 Å². The lowest BCUT2D eigenvalue weighted by molar-refractivity contribution is -0.117. The first-order chi connectivity index (χ1) is 7.00. The Labute approximate surface area is 88.5 Å². The molecule has 4 heteroatoms. The number of nitrogens with one attached hydrogen (secondary N) is 1. The Hall–Kier alpha value is -1.84. The summed E-state index contributed by atoms with van der Waals surface area (Å²) in [6.07, 6.45) is 0. The van der Waals surface area contributed by atoms with Crippen LogP contribution in [0, 0.1) is 13.8 Å². The van der Waals surface area contributed by atoms with Crippen LogP contribution in [-0.2, 0) is 4.79 Å². The fraction of sp³-hybridized carbons (Fsp3) is 0.273. The van der Waals surface area contributed by atoms with Gasteiger partial charge in [0.1, 0.15) is 0 Å². The first kappa shape index (κ1) is 11.2. The number of amides is 2. The van der Waals surface area contributed by atoms with Crippen molar-refractivity contribution in [2.45, 2.75) is 13.8 Å². The number of carbonyl (C=O) groups excluding carboxylic acids is 2. The highest BCUT2D eigenvalue weighted by molar-refractivity contribution is 5.97. The van der Waals surface area contributed by atoms with Crippen LogP contribution in [0.5, 0.6) is 0 Å². The summed E-state index contributed by atoms with van der Waals surface area (Å²) in [5, 5.41) is 2.45. The van der Waals surface area contributed by atoms with Crippen LogP contribution in [0.4, 0.5) is 0 Å². The smallest absolute Gasteiger partial charge is 0.251 e. The van der Waals surface area contributed by atoms with E-state index in [4.69, 9.17) is 5.73 Å². The Morgan fingerprint density at radius 3 is 2.60 bits per heavy atom. The Kier molecular flexibility index (Phi) is 3.44. The summed E-state index contributed by atoms with van der Waals surface area (Å²) in [6.45, 7) is 3.62. The van der Waals surface area contributed by atoms with Crippen LogP contribution in [0.1, 0.15) is 21.5 Å². The van der Waals surface area contributed by atoms with E-state index in [0.29, 0.717) is 5.56 Å². The molecule has 15 heavy (non-hydrogen) atoms. The SMILES string of the molecule is Cc1ccc(C)c(C(=O)NCC(N)=O)c1.